The Kier molecular flexibility index (Phi) is 13.0. The summed E-state index contributed by atoms with van der Waals surface area (Å²) < 4.78 is 0. The topological polar surface area (TPSA) is 6.48 Å². The molecular weight excluding hydrogens is 304 g/mol. The lowest BCUT2D eigenvalue weighted by Crippen LogP contribution is -2.43. The summed E-state index contributed by atoms with van der Waals surface area (Å²) in [5.74, 6) is 0.693. The molecule has 0 saturated heterocycles. The van der Waals surface area contributed by atoms with Crippen molar-refractivity contribution in [3.05, 3.63) is 12.4 Å². The molecule has 0 spiro atoms. The Morgan fingerprint density at radius 2 is 1.04 bits per heavy atom. The average Bonchev–Trinajstić information content (AvgIpc) is 2.99. The van der Waals surface area contributed by atoms with Crippen LogP contribution in [0.25, 0.3) is 0 Å². The van der Waals surface area contributed by atoms with E-state index in [0.717, 1.165) is 0 Å². The van der Waals surface area contributed by atoms with Gasteiger partial charge in [0.05, 0.1) is 0 Å². The lowest BCUT2D eigenvalue weighted by molar-refractivity contribution is 0.106. The van der Waals surface area contributed by atoms with E-state index in [2.05, 4.69) is 49.9 Å². The van der Waals surface area contributed by atoms with E-state index in [1.807, 2.05) is 0 Å². The third-order valence-electron chi connectivity index (χ3n) is 5.48. The van der Waals surface area contributed by atoms with Crippen LogP contribution in [0.5, 0.6) is 0 Å². The maximum atomic E-state index is 2.58. The zero-order valence-corrected chi connectivity index (χ0v) is 17.8. The van der Waals surface area contributed by atoms with Gasteiger partial charge in [-0.25, -0.2) is 0 Å². The molecule has 1 aliphatic heterocycles. The van der Waals surface area contributed by atoms with Crippen molar-refractivity contribution in [3.63, 3.8) is 0 Å². The fraction of sp³-hybridized carbons (Fsp3) is 0.913. The van der Waals surface area contributed by atoms with Gasteiger partial charge in [0, 0.05) is 25.5 Å². The fourth-order valence-electron chi connectivity index (χ4n) is 4.11. The normalized spacial score (nSPS) is 17.2. The number of nitrogens with zero attached hydrogens (tertiary/aromatic N) is 2. The highest BCUT2D eigenvalue weighted by atomic mass is 15.4. The first-order valence-corrected chi connectivity index (χ1v) is 11.4. The van der Waals surface area contributed by atoms with Gasteiger partial charge in [-0.1, -0.05) is 98.3 Å². The summed E-state index contributed by atoms with van der Waals surface area (Å²) in [6.45, 7) is 11.7. The van der Waals surface area contributed by atoms with Crippen LogP contribution in [0.3, 0.4) is 0 Å². The van der Waals surface area contributed by atoms with Crippen molar-refractivity contribution in [2.45, 2.75) is 117 Å². The van der Waals surface area contributed by atoms with Crippen LogP contribution < -0.4 is 0 Å². The summed E-state index contributed by atoms with van der Waals surface area (Å²) >= 11 is 0. The molecule has 148 valence electrons. The molecule has 0 fully saturated rings. The van der Waals surface area contributed by atoms with Gasteiger partial charge in [0.1, 0.15) is 6.17 Å². The molecule has 2 nitrogen and oxygen atoms in total. The van der Waals surface area contributed by atoms with Crippen molar-refractivity contribution in [2.75, 3.05) is 13.1 Å². The lowest BCUT2D eigenvalue weighted by atomic mass is 10.0. The van der Waals surface area contributed by atoms with Crippen LogP contribution in [-0.4, -0.2) is 29.1 Å². The molecule has 0 saturated carbocycles. The number of rotatable bonds is 16. The highest BCUT2D eigenvalue weighted by molar-refractivity contribution is 4.97. The van der Waals surface area contributed by atoms with E-state index in [1.54, 1.807) is 0 Å². The Morgan fingerprint density at radius 3 is 1.48 bits per heavy atom. The molecule has 0 bridgehead atoms. The fourth-order valence-corrected chi connectivity index (χ4v) is 4.11. The Hall–Kier alpha value is -0.660. The highest BCUT2D eigenvalue weighted by Gasteiger charge is 2.27. The third kappa shape index (κ3) is 9.56. The molecule has 25 heavy (non-hydrogen) atoms. The third-order valence-corrected chi connectivity index (χ3v) is 5.48. The predicted molar refractivity (Wildman–Crippen MR) is 113 cm³/mol. The van der Waals surface area contributed by atoms with E-state index in [1.165, 1.54) is 96.6 Å². The van der Waals surface area contributed by atoms with Gasteiger partial charge in [0.25, 0.3) is 0 Å². The van der Waals surface area contributed by atoms with Crippen LogP contribution in [0.1, 0.15) is 111 Å². The zero-order valence-electron chi connectivity index (χ0n) is 17.8. The molecule has 0 N–H and O–H groups in total. The number of hydrogen-bond donors (Lipinski definition) is 0. The van der Waals surface area contributed by atoms with Gasteiger partial charge in [-0.3, -0.25) is 0 Å². The lowest BCUT2D eigenvalue weighted by Gasteiger charge is -2.35. The summed E-state index contributed by atoms with van der Waals surface area (Å²) in [6, 6.07) is 0. The molecule has 1 rings (SSSR count). The van der Waals surface area contributed by atoms with Gasteiger partial charge in [-0.05, 0) is 18.8 Å². The number of hydrogen-bond acceptors (Lipinski definition) is 2. The molecule has 1 atom stereocenters. The standard InChI is InChI=1S/C23H46N2/c1-5-7-8-9-10-11-12-13-14-15-16-17-19-25-21-20-24(18-6-2)23(25)22(3)4/h20-23H,5-19H2,1-4H3. The first-order chi connectivity index (χ1) is 12.2. The Balaban J connectivity index is 1.98. The predicted octanol–water partition coefficient (Wildman–Crippen LogP) is 7.17. The van der Waals surface area contributed by atoms with Crippen molar-refractivity contribution < 1.29 is 0 Å². The second-order valence-electron chi connectivity index (χ2n) is 8.32. The van der Waals surface area contributed by atoms with Crippen LogP contribution >= 0.6 is 0 Å². The van der Waals surface area contributed by atoms with E-state index in [9.17, 15) is 0 Å². The van der Waals surface area contributed by atoms with Gasteiger partial charge in [0.2, 0.25) is 0 Å². The average molecular weight is 351 g/mol. The Morgan fingerprint density at radius 1 is 0.600 bits per heavy atom. The van der Waals surface area contributed by atoms with E-state index in [-0.39, 0.29) is 0 Å². The van der Waals surface area contributed by atoms with E-state index in [0.29, 0.717) is 12.1 Å². The highest BCUT2D eigenvalue weighted by Crippen LogP contribution is 2.23. The van der Waals surface area contributed by atoms with Crippen LogP contribution in [0, 0.1) is 5.92 Å². The SMILES string of the molecule is CCCCCCCCCCCCCCN1C=CN(CCC)C1C(C)C. The van der Waals surface area contributed by atoms with E-state index in [4.69, 9.17) is 0 Å². The molecule has 0 aromatic carbocycles. The quantitative estimate of drug-likeness (QED) is 0.272. The minimum atomic E-state index is 0.590. The Labute approximate surface area is 159 Å². The minimum Gasteiger partial charge on any atom is -0.356 e. The second kappa shape index (κ2) is 14.5. The van der Waals surface area contributed by atoms with Crippen molar-refractivity contribution in [1.82, 2.24) is 9.80 Å². The van der Waals surface area contributed by atoms with Crippen LogP contribution in [0.4, 0.5) is 0 Å². The van der Waals surface area contributed by atoms with Gasteiger partial charge in [-0.2, -0.15) is 0 Å². The minimum absolute atomic E-state index is 0.590. The van der Waals surface area contributed by atoms with Crippen LogP contribution in [-0.2, 0) is 0 Å². The summed E-state index contributed by atoms with van der Waals surface area (Å²) in [5, 5.41) is 0. The van der Waals surface area contributed by atoms with Crippen molar-refractivity contribution in [1.29, 1.82) is 0 Å². The molecule has 0 radical (unpaired) electrons. The second-order valence-corrected chi connectivity index (χ2v) is 8.32. The monoisotopic (exact) mass is 350 g/mol. The van der Waals surface area contributed by atoms with Gasteiger partial charge < -0.3 is 9.80 Å². The molecule has 2 heteroatoms. The summed E-state index contributed by atoms with van der Waals surface area (Å²) in [7, 11) is 0. The first kappa shape index (κ1) is 22.4. The molecular formula is C23H46N2. The Bertz CT molecular complexity index is 324. The van der Waals surface area contributed by atoms with Crippen LogP contribution in [0.15, 0.2) is 12.4 Å². The van der Waals surface area contributed by atoms with Crippen molar-refractivity contribution in [2.24, 2.45) is 5.92 Å². The summed E-state index contributed by atoms with van der Waals surface area (Å²) in [6.07, 6.45) is 23.7. The van der Waals surface area contributed by atoms with Crippen molar-refractivity contribution >= 4 is 0 Å². The number of unbranched alkanes of at least 4 members (excludes halogenated alkanes) is 11. The van der Waals surface area contributed by atoms with E-state index < -0.39 is 0 Å². The largest absolute Gasteiger partial charge is 0.356 e. The van der Waals surface area contributed by atoms with E-state index >= 15 is 0 Å². The smallest absolute Gasteiger partial charge is 0.103 e. The zero-order chi connectivity index (χ0) is 18.3. The van der Waals surface area contributed by atoms with Crippen molar-refractivity contribution in [3.8, 4) is 0 Å². The molecule has 0 aliphatic carbocycles. The molecule has 0 amide bonds. The summed E-state index contributed by atoms with van der Waals surface area (Å²) in [4.78, 5) is 5.11. The molecule has 1 unspecified atom stereocenters. The van der Waals surface area contributed by atoms with Crippen LogP contribution in [0.2, 0.25) is 0 Å². The molecule has 1 heterocycles. The maximum Gasteiger partial charge on any atom is 0.103 e. The summed E-state index contributed by atoms with van der Waals surface area (Å²) in [5.41, 5.74) is 0. The maximum absolute atomic E-state index is 2.58. The first-order valence-electron chi connectivity index (χ1n) is 11.4. The van der Waals surface area contributed by atoms with Gasteiger partial charge >= 0.3 is 0 Å². The molecule has 0 aromatic rings. The molecule has 1 aliphatic rings. The molecule has 0 aromatic heterocycles. The van der Waals surface area contributed by atoms with Gasteiger partial charge in [-0.15, -0.1) is 0 Å². The van der Waals surface area contributed by atoms with Gasteiger partial charge in [0.15, 0.2) is 0 Å².